The van der Waals surface area contributed by atoms with Gasteiger partial charge < -0.3 is 10.1 Å². The summed E-state index contributed by atoms with van der Waals surface area (Å²) in [5.41, 5.74) is 2.96. The number of H-pyrrole nitrogens is 1. The Morgan fingerprint density at radius 1 is 1.33 bits per heavy atom. The molecule has 0 spiro atoms. The van der Waals surface area contributed by atoms with Crippen molar-refractivity contribution in [3.05, 3.63) is 37.6 Å². The molecular weight excluding hydrogens is 294 g/mol. The Morgan fingerprint density at radius 3 is 2.47 bits per heavy atom. The topological polar surface area (TPSA) is 36.0 Å². The van der Waals surface area contributed by atoms with Crippen molar-refractivity contribution >= 4 is 39.5 Å². The number of aliphatic hydroxyl groups is 1. The quantitative estimate of drug-likeness (QED) is 0.829. The van der Waals surface area contributed by atoms with E-state index in [1.807, 2.05) is 24.3 Å². The SMILES string of the molecule is OCc1ccc(-c2[nH]c(=S)sc2Br)cc1. The Labute approximate surface area is 105 Å². The molecule has 78 valence electrons. The minimum absolute atomic E-state index is 0.0705. The van der Waals surface area contributed by atoms with Gasteiger partial charge in [0.05, 0.1) is 16.1 Å². The summed E-state index contributed by atoms with van der Waals surface area (Å²) in [6.45, 7) is 0.0705. The number of benzene rings is 1. The number of aromatic amines is 1. The average Bonchev–Trinajstić information content (AvgIpc) is 2.58. The molecule has 15 heavy (non-hydrogen) atoms. The molecule has 2 N–H and O–H groups in total. The maximum absolute atomic E-state index is 8.93. The fourth-order valence-electron chi connectivity index (χ4n) is 1.27. The van der Waals surface area contributed by atoms with Gasteiger partial charge in [-0.05, 0) is 33.7 Å². The third-order valence-corrected chi connectivity index (χ3v) is 3.94. The van der Waals surface area contributed by atoms with Crippen LogP contribution in [0.1, 0.15) is 5.56 Å². The lowest BCUT2D eigenvalue weighted by Crippen LogP contribution is -1.83. The third kappa shape index (κ3) is 2.36. The summed E-state index contributed by atoms with van der Waals surface area (Å²) in [7, 11) is 0. The van der Waals surface area contributed by atoms with Crippen LogP contribution in [0.5, 0.6) is 0 Å². The molecule has 2 nitrogen and oxygen atoms in total. The lowest BCUT2D eigenvalue weighted by Gasteiger charge is -2.00. The molecule has 0 amide bonds. The standard InChI is InChI=1S/C10H8BrNOS2/c11-9-8(12-10(14)15-9)7-3-1-6(5-13)2-4-7/h1-4,13H,5H2,(H,12,14). The maximum Gasteiger partial charge on any atom is 0.159 e. The van der Waals surface area contributed by atoms with E-state index >= 15 is 0 Å². The van der Waals surface area contributed by atoms with E-state index in [0.717, 1.165) is 24.6 Å². The van der Waals surface area contributed by atoms with Crippen LogP contribution in [-0.2, 0) is 6.61 Å². The van der Waals surface area contributed by atoms with Gasteiger partial charge in [0.2, 0.25) is 0 Å². The van der Waals surface area contributed by atoms with Gasteiger partial charge in [-0.3, -0.25) is 0 Å². The molecule has 1 heterocycles. The van der Waals surface area contributed by atoms with E-state index in [9.17, 15) is 0 Å². The van der Waals surface area contributed by atoms with Crippen molar-refractivity contribution in [3.8, 4) is 11.3 Å². The number of rotatable bonds is 2. The summed E-state index contributed by atoms with van der Waals surface area (Å²) in [5, 5.41) is 8.93. The second-order valence-electron chi connectivity index (χ2n) is 3.02. The van der Waals surface area contributed by atoms with Gasteiger partial charge in [-0.2, -0.15) is 0 Å². The minimum Gasteiger partial charge on any atom is -0.392 e. The van der Waals surface area contributed by atoms with Crippen LogP contribution >= 0.6 is 39.5 Å². The molecule has 0 aliphatic carbocycles. The predicted molar refractivity (Wildman–Crippen MR) is 68.6 cm³/mol. The normalized spacial score (nSPS) is 10.5. The van der Waals surface area contributed by atoms with Gasteiger partial charge in [0.15, 0.2) is 3.95 Å². The van der Waals surface area contributed by atoms with Gasteiger partial charge in [-0.25, -0.2) is 0 Å². The second kappa shape index (κ2) is 4.57. The van der Waals surface area contributed by atoms with Crippen LogP contribution in [0.2, 0.25) is 0 Å². The molecule has 2 aromatic rings. The summed E-state index contributed by atoms with van der Waals surface area (Å²) in [6.07, 6.45) is 0. The molecule has 0 atom stereocenters. The van der Waals surface area contributed by atoms with Crippen molar-refractivity contribution in [2.45, 2.75) is 6.61 Å². The fourth-order valence-corrected chi connectivity index (χ4v) is 3.35. The lowest BCUT2D eigenvalue weighted by atomic mass is 10.1. The molecule has 0 bridgehead atoms. The summed E-state index contributed by atoms with van der Waals surface area (Å²) < 4.78 is 1.76. The van der Waals surface area contributed by atoms with Crippen molar-refractivity contribution in [2.75, 3.05) is 0 Å². The van der Waals surface area contributed by atoms with Gasteiger partial charge in [0, 0.05) is 5.56 Å². The number of aliphatic hydroxyl groups excluding tert-OH is 1. The summed E-state index contributed by atoms with van der Waals surface area (Å²) in [5.74, 6) is 0. The zero-order valence-electron chi connectivity index (χ0n) is 7.66. The molecule has 5 heteroatoms. The van der Waals surface area contributed by atoms with Crippen LogP contribution in [0.3, 0.4) is 0 Å². The smallest absolute Gasteiger partial charge is 0.159 e. The van der Waals surface area contributed by atoms with Crippen molar-refractivity contribution in [2.24, 2.45) is 0 Å². The van der Waals surface area contributed by atoms with E-state index in [1.165, 1.54) is 11.3 Å². The average molecular weight is 302 g/mol. The number of halogens is 1. The summed E-state index contributed by atoms with van der Waals surface area (Å²) in [6, 6.07) is 7.72. The van der Waals surface area contributed by atoms with Gasteiger partial charge >= 0.3 is 0 Å². The fraction of sp³-hybridized carbons (Fsp3) is 0.100. The van der Waals surface area contributed by atoms with E-state index in [2.05, 4.69) is 20.9 Å². The molecule has 0 saturated heterocycles. The largest absolute Gasteiger partial charge is 0.392 e. The first-order chi connectivity index (χ1) is 7.20. The van der Waals surface area contributed by atoms with E-state index in [0.29, 0.717) is 0 Å². The molecule has 1 aromatic carbocycles. The van der Waals surface area contributed by atoms with E-state index in [4.69, 9.17) is 17.3 Å². The number of nitrogens with one attached hydrogen (secondary N) is 1. The van der Waals surface area contributed by atoms with Crippen LogP contribution in [0.25, 0.3) is 11.3 Å². The molecule has 0 aliphatic rings. The Balaban J connectivity index is 2.45. The summed E-state index contributed by atoms with van der Waals surface area (Å²) >= 11 is 10.0. The highest BCUT2D eigenvalue weighted by molar-refractivity contribution is 9.11. The Kier molecular flexibility index (Phi) is 3.35. The maximum atomic E-state index is 8.93. The third-order valence-electron chi connectivity index (χ3n) is 2.03. The first-order valence-electron chi connectivity index (χ1n) is 4.29. The van der Waals surface area contributed by atoms with Gasteiger partial charge in [0.25, 0.3) is 0 Å². The summed E-state index contributed by atoms with van der Waals surface area (Å²) in [4.78, 5) is 3.12. The highest BCUT2D eigenvalue weighted by Gasteiger charge is 2.05. The second-order valence-corrected chi connectivity index (χ2v) is 6.02. The molecule has 2 rings (SSSR count). The van der Waals surface area contributed by atoms with Gasteiger partial charge in [-0.15, -0.1) is 0 Å². The van der Waals surface area contributed by atoms with Gasteiger partial charge in [0.1, 0.15) is 0 Å². The van der Waals surface area contributed by atoms with Crippen molar-refractivity contribution in [1.82, 2.24) is 4.98 Å². The Bertz CT molecular complexity index is 515. The molecule has 0 radical (unpaired) electrons. The van der Waals surface area contributed by atoms with Crippen molar-refractivity contribution in [3.63, 3.8) is 0 Å². The first-order valence-corrected chi connectivity index (χ1v) is 6.31. The number of hydrogen-bond acceptors (Lipinski definition) is 3. The van der Waals surface area contributed by atoms with E-state index in [1.54, 1.807) is 0 Å². The van der Waals surface area contributed by atoms with Crippen LogP contribution in [-0.4, -0.2) is 10.1 Å². The highest BCUT2D eigenvalue weighted by atomic mass is 79.9. The van der Waals surface area contributed by atoms with E-state index in [-0.39, 0.29) is 6.61 Å². The number of thiazole rings is 1. The van der Waals surface area contributed by atoms with Crippen LogP contribution in [0.15, 0.2) is 28.1 Å². The Hall–Kier alpha value is -0.490. The Morgan fingerprint density at radius 2 is 2.00 bits per heavy atom. The van der Waals surface area contributed by atoms with Crippen LogP contribution in [0, 0.1) is 3.95 Å². The van der Waals surface area contributed by atoms with Crippen LogP contribution in [0.4, 0.5) is 0 Å². The number of hydrogen-bond donors (Lipinski definition) is 2. The van der Waals surface area contributed by atoms with E-state index < -0.39 is 0 Å². The highest BCUT2D eigenvalue weighted by Crippen LogP contribution is 2.31. The predicted octanol–water partition coefficient (Wildman–Crippen LogP) is 3.73. The lowest BCUT2D eigenvalue weighted by molar-refractivity contribution is 0.282. The molecule has 0 unspecified atom stereocenters. The molecular formula is C10H8BrNOS2. The van der Waals surface area contributed by atoms with Crippen molar-refractivity contribution < 1.29 is 5.11 Å². The molecule has 0 aliphatic heterocycles. The van der Waals surface area contributed by atoms with Crippen LogP contribution < -0.4 is 0 Å². The first kappa shape index (κ1) is 11.0. The zero-order chi connectivity index (χ0) is 10.8. The van der Waals surface area contributed by atoms with Crippen molar-refractivity contribution in [1.29, 1.82) is 0 Å². The van der Waals surface area contributed by atoms with Gasteiger partial charge in [-0.1, -0.05) is 35.6 Å². The molecule has 1 aromatic heterocycles. The molecule has 0 fully saturated rings. The number of aromatic nitrogens is 1. The molecule has 0 saturated carbocycles. The zero-order valence-corrected chi connectivity index (χ0v) is 10.9. The minimum atomic E-state index is 0.0705. The monoisotopic (exact) mass is 301 g/mol.